The molecule has 0 aliphatic carbocycles. The lowest BCUT2D eigenvalue weighted by Gasteiger charge is -2.41. The number of nitrogens with zero attached hydrogens (tertiary/aromatic N) is 4. The summed E-state index contributed by atoms with van der Waals surface area (Å²) in [7, 11) is 0. The molecule has 1 atom stereocenters. The number of pyridine rings is 1. The number of rotatable bonds is 5. The van der Waals surface area contributed by atoms with Crippen molar-refractivity contribution in [2.45, 2.75) is 51.6 Å². The highest BCUT2D eigenvalue weighted by Crippen LogP contribution is 2.30. The van der Waals surface area contributed by atoms with Crippen LogP contribution in [0.3, 0.4) is 0 Å². The van der Waals surface area contributed by atoms with Crippen LogP contribution in [-0.2, 0) is 29.2 Å². The lowest BCUT2D eigenvalue weighted by Crippen LogP contribution is -2.46. The molecule has 0 bridgehead atoms. The van der Waals surface area contributed by atoms with Crippen molar-refractivity contribution in [1.82, 2.24) is 19.4 Å². The van der Waals surface area contributed by atoms with Gasteiger partial charge in [0.1, 0.15) is 5.82 Å². The molecule has 0 spiro atoms. The van der Waals surface area contributed by atoms with Gasteiger partial charge in [0, 0.05) is 38.5 Å². The molecule has 1 fully saturated rings. The molecule has 6 heteroatoms. The van der Waals surface area contributed by atoms with E-state index >= 15 is 0 Å². The first-order valence-electron chi connectivity index (χ1n) is 9.18. The predicted octanol–water partition coefficient (Wildman–Crippen LogP) is 2.55. The first kappa shape index (κ1) is 16.7. The molecule has 2 aromatic rings. The van der Waals surface area contributed by atoms with E-state index in [2.05, 4.69) is 21.4 Å². The summed E-state index contributed by atoms with van der Waals surface area (Å²) >= 11 is 0. The molecular formula is C19H26N4O2. The fourth-order valence-electron chi connectivity index (χ4n) is 3.95. The first-order valence-corrected chi connectivity index (χ1v) is 9.18. The molecule has 0 unspecified atom stereocenters. The Morgan fingerprint density at radius 3 is 2.84 bits per heavy atom. The van der Waals surface area contributed by atoms with E-state index in [0.717, 1.165) is 56.4 Å². The van der Waals surface area contributed by atoms with Crippen LogP contribution in [0.25, 0.3) is 0 Å². The van der Waals surface area contributed by atoms with Gasteiger partial charge in [-0.3, -0.25) is 9.88 Å². The third kappa shape index (κ3) is 3.61. The van der Waals surface area contributed by atoms with Crippen molar-refractivity contribution in [1.29, 1.82) is 0 Å². The molecule has 4 heterocycles. The summed E-state index contributed by atoms with van der Waals surface area (Å²) in [4.78, 5) is 11.6. The molecule has 2 aromatic heterocycles. The van der Waals surface area contributed by atoms with Crippen LogP contribution < -0.4 is 0 Å². The van der Waals surface area contributed by atoms with Crippen LogP contribution in [0.5, 0.6) is 0 Å². The van der Waals surface area contributed by atoms with Crippen LogP contribution in [0.15, 0.2) is 30.6 Å². The van der Waals surface area contributed by atoms with Crippen LogP contribution in [-0.4, -0.2) is 45.2 Å². The molecule has 4 rings (SSSR count). The SMILES string of the molecule is C[C@@H]1c2ncc(COCc3ccccn3)n2CCN1C1CCOCC1. The second kappa shape index (κ2) is 7.64. The highest BCUT2D eigenvalue weighted by atomic mass is 16.5. The third-order valence-corrected chi connectivity index (χ3v) is 5.31. The highest BCUT2D eigenvalue weighted by molar-refractivity contribution is 5.11. The quantitative estimate of drug-likeness (QED) is 0.836. The van der Waals surface area contributed by atoms with E-state index in [1.807, 2.05) is 24.4 Å². The summed E-state index contributed by atoms with van der Waals surface area (Å²) in [6, 6.07) is 6.86. The van der Waals surface area contributed by atoms with Gasteiger partial charge >= 0.3 is 0 Å². The Labute approximate surface area is 148 Å². The summed E-state index contributed by atoms with van der Waals surface area (Å²) in [5, 5.41) is 0. The van der Waals surface area contributed by atoms with Crippen LogP contribution in [0.2, 0.25) is 0 Å². The second-order valence-corrected chi connectivity index (χ2v) is 6.83. The average molecular weight is 342 g/mol. The summed E-state index contributed by atoms with van der Waals surface area (Å²) in [5.74, 6) is 1.16. The van der Waals surface area contributed by atoms with Gasteiger partial charge in [0.2, 0.25) is 0 Å². The van der Waals surface area contributed by atoms with Crippen molar-refractivity contribution in [2.24, 2.45) is 0 Å². The molecule has 1 saturated heterocycles. The lowest BCUT2D eigenvalue weighted by molar-refractivity contribution is 0.00799. The number of hydrogen-bond donors (Lipinski definition) is 0. The first-order chi connectivity index (χ1) is 12.3. The van der Waals surface area contributed by atoms with Crippen LogP contribution >= 0.6 is 0 Å². The van der Waals surface area contributed by atoms with E-state index < -0.39 is 0 Å². The Balaban J connectivity index is 1.39. The molecule has 0 aromatic carbocycles. The zero-order chi connectivity index (χ0) is 17.1. The summed E-state index contributed by atoms with van der Waals surface area (Å²) in [5.41, 5.74) is 2.12. The number of aromatic nitrogens is 3. The summed E-state index contributed by atoms with van der Waals surface area (Å²) < 4.78 is 13.7. The minimum absolute atomic E-state index is 0.349. The Bertz CT molecular complexity index is 682. The van der Waals surface area contributed by atoms with Gasteiger partial charge in [-0.25, -0.2) is 4.98 Å². The lowest BCUT2D eigenvalue weighted by atomic mass is 10.0. The molecule has 0 radical (unpaired) electrons. The van der Waals surface area contributed by atoms with Crippen molar-refractivity contribution < 1.29 is 9.47 Å². The van der Waals surface area contributed by atoms with Gasteiger partial charge < -0.3 is 14.0 Å². The molecule has 0 N–H and O–H groups in total. The van der Waals surface area contributed by atoms with Crippen molar-refractivity contribution in [3.05, 3.63) is 47.8 Å². The minimum atomic E-state index is 0.349. The van der Waals surface area contributed by atoms with E-state index in [-0.39, 0.29) is 0 Å². The van der Waals surface area contributed by atoms with Crippen molar-refractivity contribution in [2.75, 3.05) is 19.8 Å². The number of fused-ring (bicyclic) bond motifs is 1. The van der Waals surface area contributed by atoms with E-state index in [1.165, 1.54) is 0 Å². The number of hydrogen-bond acceptors (Lipinski definition) is 5. The van der Waals surface area contributed by atoms with Crippen molar-refractivity contribution in [3.63, 3.8) is 0 Å². The topological polar surface area (TPSA) is 52.4 Å². The molecule has 134 valence electrons. The van der Waals surface area contributed by atoms with E-state index in [9.17, 15) is 0 Å². The molecule has 25 heavy (non-hydrogen) atoms. The van der Waals surface area contributed by atoms with Crippen molar-refractivity contribution in [3.8, 4) is 0 Å². The van der Waals surface area contributed by atoms with Crippen LogP contribution in [0.1, 0.15) is 43.0 Å². The Hall–Kier alpha value is -1.76. The zero-order valence-electron chi connectivity index (χ0n) is 14.8. The maximum atomic E-state index is 5.86. The van der Waals surface area contributed by atoms with E-state index in [0.29, 0.717) is 25.3 Å². The molecule has 2 aliphatic rings. The normalized spacial score (nSPS) is 22.0. The molecule has 6 nitrogen and oxygen atoms in total. The maximum absolute atomic E-state index is 5.86. The Morgan fingerprint density at radius 1 is 1.16 bits per heavy atom. The molecule has 2 aliphatic heterocycles. The van der Waals surface area contributed by atoms with E-state index in [4.69, 9.17) is 14.5 Å². The summed E-state index contributed by atoms with van der Waals surface area (Å²) in [6.45, 7) is 7.20. The minimum Gasteiger partial charge on any atom is -0.381 e. The molecular weight excluding hydrogens is 316 g/mol. The fourth-order valence-corrected chi connectivity index (χ4v) is 3.95. The molecule has 0 amide bonds. The van der Waals surface area contributed by atoms with Gasteiger partial charge in [-0.15, -0.1) is 0 Å². The standard InChI is InChI=1S/C19H26N4O2/c1-15-19-21-12-18(14-25-13-16-4-2-3-7-20-16)23(19)9-8-22(15)17-5-10-24-11-6-17/h2-4,7,12,15,17H,5-6,8-11,13-14H2,1H3/t15-/m1/s1. The predicted molar refractivity (Wildman–Crippen MR) is 93.9 cm³/mol. The largest absolute Gasteiger partial charge is 0.381 e. The van der Waals surface area contributed by atoms with Gasteiger partial charge in [-0.1, -0.05) is 6.07 Å². The van der Waals surface area contributed by atoms with Gasteiger partial charge in [0.25, 0.3) is 0 Å². The zero-order valence-corrected chi connectivity index (χ0v) is 14.8. The number of ether oxygens (including phenoxy) is 2. The Morgan fingerprint density at radius 2 is 2.04 bits per heavy atom. The van der Waals surface area contributed by atoms with Crippen molar-refractivity contribution >= 4 is 0 Å². The van der Waals surface area contributed by atoms with Crippen LogP contribution in [0, 0.1) is 0 Å². The van der Waals surface area contributed by atoms with Gasteiger partial charge in [-0.05, 0) is 31.9 Å². The van der Waals surface area contributed by atoms with Gasteiger partial charge in [0.15, 0.2) is 0 Å². The fraction of sp³-hybridized carbons (Fsp3) is 0.579. The van der Waals surface area contributed by atoms with Gasteiger partial charge in [0.05, 0.1) is 36.8 Å². The average Bonchev–Trinajstić information content (AvgIpc) is 3.08. The Kier molecular flexibility index (Phi) is 5.10. The smallest absolute Gasteiger partial charge is 0.126 e. The second-order valence-electron chi connectivity index (χ2n) is 6.83. The highest BCUT2D eigenvalue weighted by Gasteiger charge is 2.32. The monoisotopic (exact) mass is 342 g/mol. The third-order valence-electron chi connectivity index (χ3n) is 5.31. The maximum Gasteiger partial charge on any atom is 0.126 e. The molecule has 0 saturated carbocycles. The van der Waals surface area contributed by atoms with Gasteiger partial charge in [-0.2, -0.15) is 0 Å². The number of imidazole rings is 1. The van der Waals surface area contributed by atoms with E-state index in [1.54, 1.807) is 6.20 Å². The van der Waals surface area contributed by atoms with Crippen LogP contribution in [0.4, 0.5) is 0 Å². The summed E-state index contributed by atoms with van der Waals surface area (Å²) in [6.07, 6.45) is 6.03.